The van der Waals surface area contributed by atoms with Crippen LogP contribution in [0.2, 0.25) is 0 Å². The zero-order chi connectivity index (χ0) is 31.9. The van der Waals surface area contributed by atoms with Crippen molar-refractivity contribution in [2.45, 2.75) is 17.1 Å². The third-order valence-corrected chi connectivity index (χ3v) is 8.33. The molecule has 9 heteroatoms. The molecule has 0 bridgehead atoms. The Morgan fingerprint density at radius 2 is 1.46 bits per heavy atom. The van der Waals surface area contributed by atoms with Crippen LogP contribution in [0.4, 0.5) is 11.4 Å². The van der Waals surface area contributed by atoms with Gasteiger partial charge in [-0.25, -0.2) is 0 Å². The van der Waals surface area contributed by atoms with Gasteiger partial charge in [0.25, 0.3) is 11.8 Å². The van der Waals surface area contributed by atoms with Gasteiger partial charge >= 0.3 is 0 Å². The lowest BCUT2D eigenvalue weighted by molar-refractivity contribution is -0.115. The summed E-state index contributed by atoms with van der Waals surface area (Å²) >= 11 is 1.36. The van der Waals surface area contributed by atoms with Gasteiger partial charge in [-0.05, 0) is 71.8 Å². The van der Waals surface area contributed by atoms with Gasteiger partial charge in [0.15, 0.2) is 11.5 Å². The summed E-state index contributed by atoms with van der Waals surface area (Å²) < 4.78 is 11.2. The Bertz CT molecular complexity index is 1940. The Balaban J connectivity index is 1.18. The molecule has 1 aliphatic rings. The Kier molecular flexibility index (Phi) is 9.31. The fourth-order valence-electron chi connectivity index (χ4n) is 4.94. The van der Waals surface area contributed by atoms with Gasteiger partial charge in [0.2, 0.25) is 5.91 Å². The van der Waals surface area contributed by atoms with Crippen LogP contribution in [-0.4, -0.2) is 36.2 Å². The van der Waals surface area contributed by atoms with Crippen molar-refractivity contribution in [3.05, 3.63) is 132 Å². The molecule has 8 nitrogen and oxygen atoms in total. The summed E-state index contributed by atoms with van der Waals surface area (Å²) in [6.45, 7) is 2.77. The molecular formula is C37H31N3O5S. The van der Waals surface area contributed by atoms with E-state index < -0.39 is 17.1 Å². The van der Waals surface area contributed by atoms with E-state index in [9.17, 15) is 14.4 Å². The number of anilines is 2. The summed E-state index contributed by atoms with van der Waals surface area (Å²) in [6, 6.07) is 34.9. The average molecular weight is 630 g/mol. The van der Waals surface area contributed by atoms with Gasteiger partial charge in [0.1, 0.15) is 18.9 Å². The first-order valence-corrected chi connectivity index (χ1v) is 15.7. The molecule has 0 radical (unpaired) electrons. The summed E-state index contributed by atoms with van der Waals surface area (Å²) in [7, 11) is 0. The highest BCUT2D eigenvalue weighted by molar-refractivity contribution is 8.00. The number of benzene rings is 5. The van der Waals surface area contributed by atoms with Gasteiger partial charge < -0.3 is 25.4 Å². The van der Waals surface area contributed by atoms with Gasteiger partial charge in [-0.2, -0.15) is 0 Å². The lowest BCUT2D eigenvalue weighted by Crippen LogP contribution is -2.30. The van der Waals surface area contributed by atoms with Crippen LogP contribution in [0.1, 0.15) is 22.8 Å². The maximum absolute atomic E-state index is 13.7. The van der Waals surface area contributed by atoms with Crippen LogP contribution in [-0.2, 0) is 9.59 Å². The van der Waals surface area contributed by atoms with E-state index in [1.54, 1.807) is 66.7 Å². The van der Waals surface area contributed by atoms with Crippen molar-refractivity contribution in [3.63, 3.8) is 0 Å². The predicted molar refractivity (Wildman–Crippen MR) is 182 cm³/mol. The third kappa shape index (κ3) is 7.39. The van der Waals surface area contributed by atoms with Crippen LogP contribution in [0.5, 0.6) is 11.5 Å². The SMILES string of the molecule is CC(Sc1cccc(NC(=O)/C(=C\c2cccc3ccccc23)NC(=O)c2ccccc2)c1)C(=O)Nc1ccc2c(c1)OCCO2. The Hall–Kier alpha value is -5.54. The zero-order valence-electron chi connectivity index (χ0n) is 25.0. The maximum atomic E-state index is 13.7. The van der Waals surface area contributed by atoms with Crippen LogP contribution in [0.3, 0.4) is 0 Å². The van der Waals surface area contributed by atoms with Crippen molar-refractivity contribution in [2.24, 2.45) is 0 Å². The minimum absolute atomic E-state index is 0.0930. The molecule has 0 saturated heterocycles. The number of thioether (sulfide) groups is 1. The molecule has 0 aliphatic carbocycles. The van der Waals surface area contributed by atoms with Crippen molar-refractivity contribution in [1.29, 1.82) is 0 Å². The molecule has 1 unspecified atom stereocenters. The average Bonchev–Trinajstić information content (AvgIpc) is 3.08. The molecule has 0 spiro atoms. The number of hydrogen-bond acceptors (Lipinski definition) is 6. The topological polar surface area (TPSA) is 106 Å². The number of carbonyl (C=O) groups excluding carboxylic acids is 3. The molecule has 5 aromatic rings. The van der Waals surface area contributed by atoms with E-state index in [1.807, 2.05) is 61.5 Å². The van der Waals surface area contributed by atoms with Gasteiger partial charge in [-0.3, -0.25) is 14.4 Å². The molecule has 1 atom stereocenters. The van der Waals surface area contributed by atoms with E-state index in [2.05, 4.69) is 16.0 Å². The van der Waals surface area contributed by atoms with E-state index in [4.69, 9.17) is 9.47 Å². The molecule has 1 heterocycles. The number of rotatable bonds is 9. The maximum Gasteiger partial charge on any atom is 0.272 e. The predicted octanol–water partition coefficient (Wildman–Crippen LogP) is 7.14. The number of ether oxygens (including phenoxy) is 2. The minimum atomic E-state index is -0.483. The summed E-state index contributed by atoms with van der Waals surface area (Å²) in [4.78, 5) is 40.6. The molecule has 230 valence electrons. The molecule has 0 aromatic heterocycles. The summed E-state index contributed by atoms with van der Waals surface area (Å²) in [6.07, 6.45) is 1.68. The Morgan fingerprint density at radius 3 is 2.30 bits per heavy atom. The van der Waals surface area contributed by atoms with Crippen molar-refractivity contribution in [1.82, 2.24) is 5.32 Å². The largest absolute Gasteiger partial charge is 0.486 e. The van der Waals surface area contributed by atoms with E-state index >= 15 is 0 Å². The standard InChI is InChI=1S/C37H31N3O5S/c1-24(35(41)38-29-17-18-33-34(23-29)45-20-19-44-33)46-30-15-8-14-28(22-30)39-37(43)32(40-36(42)26-10-3-2-4-11-26)21-27-13-7-12-25-9-5-6-16-31(25)27/h2-18,21-24H,19-20H2,1H3,(H,38,41)(H,39,43)(H,40,42)/b32-21+. The molecule has 0 saturated carbocycles. The van der Waals surface area contributed by atoms with Gasteiger partial charge in [0.05, 0.1) is 5.25 Å². The molecular weight excluding hydrogens is 598 g/mol. The molecule has 3 amide bonds. The molecule has 3 N–H and O–H groups in total. The van der Waals surface area contributed by atoms with E-state index in [-0.39, 0.29) is 11.6 Å². The third-order valence-electron chi connectivity index (χ3n) is 7.24. The zero-order valence-corrected chi connectivity index (χ0v) is 25.8. The lowest BCUT2D eigenvalue weighted by atomic mass is 10.0. The highest BCUT2D eigenvalue weighted by atomic mass is 32.2. The quantitative estimate of drug-likeness (QED) is 0.118. The van der Waals surface area contributed by atoms with Gasteiger partial charge in [0, 0.05) is 27.9 Å². The molecule has 0 fully saturated rings. The van der Waals surface area contributed by atoms with Crippen LogP contribution < -0.4 is 25.4 Å². The summed E-state index contributed by atoms with van der Waals surface area (Å²) in [5.74, 6) is 0.190. The van der Waals surface area contributed by atoms with Crippen LogP contribution in [0, 0.1) is 0 Å². The number of hydrogen-bond donors (Lipinski definition) is 3. The lowest BCUT2D eigenvalue weighted by Gasteiger charge is -2.19. The normalized spacial score (nSPS) is 13.0. The second kappa shape index (κ2) is 14.0. The van der Waals surface area contributed by atoms with Gasteiger partial charge in [-0.15, -0.1) is 11.8 Å². The highest BCUT2D eigenvalue weighted by Gasteiger charge is 2.19. The highest BCUT2D eigenvalue weighted by Crippen LogP contribution is 2.33. The number of fused-ring (bicyclic) bond motifs is 2. The Labute approximate surface area is 270 Å². The second-order valence-electron chi connectivity index (χ2n) is 10.5. The first-order valence-electron chi connectivity index (χ1n) is 14.8. The molecule has 1 aliphatic heterocycles. The van der Waals surface area contributed by atoms with Crippen molar-refractivity contribution in [2.75, 3.05) is 23.8 Å². The summed E-state index contributed by atoms with van der Waals surface area (Å²) in [5, 5.41) is 10.2. The number of amides is 3. The first-order chi connectivity index (χ1) is 22.4. The number of carbonyl (C=O) groups is 3. The van der Waals surface area contributed by atoms with E-state index in [0.29, 0.717) is 41.7 Å². The fraction of sp³-hybridized carbons (Fsp3) is 0.108. The van der Waals surface area contributed by atoms with Crippen LogP contribution in [0.25, 0.3) is 16.8 Å². The molecule has 6 rings (SSSR count). The van der Waals surface area contributed by atoms with Crippen molar-refractivity contribution >= 4 is 57.7 Å². The van der Waals surface area contributed by atoms with Crippen LogP contribution >= 0.6 is 11.8 Å². The number of nitrogens with one attached hydrogen (secondary N) is 3. The molecule has 46 heavy (non-hydrogen) atoms. The van der Waals surface area contributed by atoms with Crippen molar-refractivity contribution in [3.8, 4) is 11.5 Å². The van der Waals surface area contributed by atoms with Gasteiger partial charge in [-0.1, -0.05) is 66.7 Å². The monoisotopic (exact) mass is 629 g/mol. The van der Waals surface area contributed by atoms with E-state index in [0.717, 1.165) is 21.2 Å². The second-order valence-corrected chi connectivity index (χ2v) is 12.0. The fourth-order valence-corrected chi connectivity index (χ4v) is 5.87. The molecule has 5 aromatic carbocycles. The first kappa shape index (κ1) is 30.5. The summed E-state index contributed by atoms with van der Waals surface area (Å²) in [5.41, 5.74) is 2.45. The van der Waals surface area contributed by atoms with Crippen molar-refractivity contribution < 1.29 is 23.9 Å². The minimum Gasteiger partial charge on any atom is -0.486 e. The van der Waals surface area contributed by atoms with Crippen LogP contribution in [0.15, 0.2) is 126 Å². The Morgan fingerprint density at radius 1 is 0.739 bits per heavy atom. The smallest absolute Gasteiger partial charge is 0.272 e. The van der Waals surface area contributed by atoms with E-state index in [1.165, 1.54) is 11.8 Å².